The van der Waals surface area contributed by atoms with Crippen LogP contribution in [0.2, 0.25) is 0 Å². The minimum Gasteiger partial charge on any atom is -0.478 e. The quantitative estimate of drug-likeness (QED) is 0.871. The lowest BCUT2D eigenvalue weighted by Crippen LogP contribution is -1.99. The SMILES string of the molecule is Cc1cc(Oc2ncn(C)n2)ccc1C(=O)O. The van der Waals surface area contributed by atoms with Crippen LogP contribution in [0.25, 0.3) is 0 Å². The molecular weight excluding hydrogens is 222 g/mol. The summed E-state index contributed by atoms with van der Waals surface area (Å²) in [6.45, 7) is 1.71. The number of aromatic nitrogens is 3. The number of benzene rings is 1. The molecule has 6 nitrogen and oxygen atoms in total. The van der Waals surface area contributed by atoms with Gasteiger partial charge in [0.1, 0.15) is 12.1 Å². The fourth-order valence-electron chi connectivity index (χ4n) is 1.41. The first-order chi connectivity index (χ1) is 8.06. The van der Waals surface area contributed by atoms with Crippen LogP contribution in [-0.2, 0) is 7.05 Å². The molecule has 0 unspecified atom stereocenters. The van der Waals surface area contributed by atoms with E-state index in [0.717, 1.165) is 0 Å². The van der Waals surface area contributed by atoms with Crippen molar-refractivity contribution in [1.29, 1.82) is 0 Å². The topological polar surface area (TPSA) is 77.2 Å². The third-order valence-electron chi connectivity index (χ3n) is 2.22. The molecule has 17 heavy (non-hydrogen) atoms. The Balaban J connectivity index is 2.23. The first kappa shape index (κ1) is 11.1. The zero-order valence-corrected chi connectivity index (χ0v) is 9.41. The van der Waals surface area contributed by atoms with Crippen molar-refractivity contribution < 1.29 is 14.6 Å². The number of carboxylic acids is 1. The van der Waals surface area contributed by atoms with E-state index >= 15 is 0 Å². The minimum absolute atomic E-state index is 0.231. The number of hydrogen-bond acceptors (Lipinski definition) is 4. The lowest BCUT2D eigenvalue weighted by atomic mass is 10.1. The maximum Gasteiger partial charge on any atom is 0.340 e. The zero-order chi connectivity index (χ0) is 12.4. The Morgan fingerprint density at radius 2 is 2.24 bits per heavy atom. The predicted octanol–water partition coefficient (Wildman–Crippen LogP) is 1.61. The summed E-state index contributed by atoms with van der Waals surface area (Å²) in [7, 11) is 1.73. The summed E-state index contributed by atoms with van der Waals surface area (Å²) in [6, 6.07) is 4.94. The van der Waals surface area contributed by atoms with E-state index in [1.54, 1.807) is 26.1 Å². The average molecular weight is 233 g/mol. The van der Waals surface area contributed by atoms with Crippen LogP contribution in [0.1, 0.15) is 15.9 Å². The van der Waals surface area contributed by atoms with Gasteiger partial charge in [0, 0.05) is 7.05 Å². The molecule has 0 fully saturated rings. The van der Waals surface area contributed by atoms with Gasteiger partial charge in [-0.25, -0.2) is 4.79 Å². The largest absolute Gasteiger partial charge is 0.478 e. The summed E-state index contributed by atoms with van der Waals surface area (Å²) >= 11 is 0. The summed E-state index contributed by atoms with van der Waals surface area (Å²) < 4.78 is 6.90. The van der Waals surface area contributed by atoms with Gasteiger partial charge >= 0.3 is 12.0 Å². The maximum atomic E-state index is 10.8. The summed E-state index contributed by atoms with van der Waals surface area (Å²) in [5.74, 6) is -0.441. The second-order valence-corrected chi connectivity index (χ2v) is 3.58. The van der Waals surface area contributed by atoms with E-state index in [1.165, 1.54) is 17.1 Å². The van der Waals surface area contributed by atoms with Gasteiger partial charge in [0.15, 0.2) is 0 Å². The number of carbonyl (C=O) groups is 1. The van der Waals surface area contributed by atoms with Crippen molar-refractivity contribution >= 4 is 5.97 Å². The molecule has 0 amide bonds. The van der Waals surface area contributed by atoms with E-state index in [0.29, 0.717) is 11.3 Å². The van der Waals surface area contributed by atoms with Crippen LogP contribution in [0.15, 0.2) is 24.5 Å². The lowest BCUT2D eigenvalue weighted by molar-refractivity contribution is 0.0696. The Bertz CT molecular complexity index is 563. The van der Waals surface area contributed by atoms with E-state index in [1.807, 2.05) is 0 Å². The van der Waals surface area contributed by atoms with Crippen LogP contribution in [-0.4, -0.2) is 25.8 Å². The molecule has 1 aromatic carbocycles. The Morgan fingerprint density at radius 1 is 1.47 bits per heavy atom. The van der Waals surface area contributed by atoms with Crippen LogP contribution in [0.3, 0.4) is 0 Å². The third-order valence-corrected chi connectivity index (χ3v) is 2.22. The summed E-state index contributed by atoms with van der Waals surface area (Å²) in [5, 5.41) is 12.8. The molecular formula is C11H11N3O3. The van der Waals surface area contributed by atoms with Crippen LogP contribution < -0.4 is 4.74 Å². The van der Waals surface area contributed by atoms with Crippen molar-refractivity contribution in [2.24, 2.45) is 7.05 Å². The highest BCUT2D eigenvalue weighted by atomic mass is 16.5. The van der Waals surface area contributed by atoms with Crippen molar-refractivity contribution in [2.45, 2.75) is 6.92 Å². The molecule has 0 aliphatic heterocycles. The lowest BCUT2D eigenvalue weighted by Gasteiger charge is -2.04. The second kappa shape index (κ2) is 4.25. The predicted molar refractivity (Wildman–Crippen MR) is 59.2 cm³/mol. The van der Waals surface area contributed by atoms with Crippen molar-refractivity contribution in [3.8, 4) is 11.8 Å². The van der Waals surface area contributed by atoms with Gasteiger partial charge in [-0.15, -0.1) is 5.10 Å². The molecule has 2 aromatic rings. The van der Waals surface area contributed by atoms with Gasteiger partial charge in [-0.1, -0.05) is 0 Å². The van der Waals surface area contributed by atoms with Crippen molar-refractivity contribution in [3.05, 3.63) is 35.7 Å². The van der Waals surface area contributed by atoms with E-state index in [2.05, 4.69) is 10.1 Å². The minimum atomic E-state index is -0.954. The molecule has 0 radical (unpaired) electrons. The summed E-state index contributed by atoms with van der Waals surface area (Å²) in [4.78, 5) is 14.7. The highest BCUT2D eigenvalue weighted by Crippen LogP contribution is 2.21. The maximum absolute atomic E-state index is 10.8. The van der Waals surface area contributed by atoms with Gasteiger partial charge in [0.2, 0.25) is 0 Å². The van der Waals surface area contributed by atoms with Crippen LogP contribution in [0.5, 0.6) is 11.8 Å². The smallest absolute Gasteiger partial charge is 0.340 e. The number of aryl methyl sites for hydroxylation is 2. The Hall–Kier alpha value is -2.37. The van der Waals surface area contributed by atoms with Gasteiger partial charge in [-0.3, -0.25) is 4.68 Å². The number of aromatic carboxylic acids is 1. The molecule has 0 atom stereocenters. The number of nitrogens with zero attached hydrogens (tertiary/aromatic N) is 3. The van der Waals surface area contributed by atoms with Crippen molar-refractivity contribution in [3.63, 3.8) is 0 Å². The molecule has 0 aliphatic rings. The molecule has 2 rings (SSSR count). The highest BCUT2D eigenvalue weighted by molar-refractivity contribution is 5.89. The second-order valence-electron chi connectivity index (χ2n) is 3.58. The number of hydrogen-bond donors (Lipinski definition) is 1. The van der Waals surface area contributed by atoms with Crippen molar-refractivity contribution in [1.82, 2.24) is 14.8 Å². The number of ether oxygens (including phenoxy) is 1. The molecule has 0 saturated heterocycles. The summed E-state index contributed by atoms with van der Waals surface area (Å²) in [6.07, 6.45) is 1.52. The third kappa shape index (κ3) is 2.41. The first-order valence-corrected chi connectivity index (χ1v) is 4.93. The average Bonchev–Trinajstić information content (AvgIpc) is 2.63. The molecule has 1 aromatic heterocycles. The van der Waals surface area contributed by atoms with E-state index in [9.17, 15) is 4.79 Å². The number of rotatable bonds is 3. The molecule has 0 bridgehead atoms. The Labute approximate surface area is 97.5 Å². The van der Waals surface area contributed by atoms with Crippen LogP contribution >= 0.6 is 0 Å². The molecule has 1 heterocycles. The number of carboxylic acid groups (broad SMARTS) is 1. The van der Waals surface area contributed by atoms with Crippen molar-refractivity contribution in [2.75, 3.05) is 0 Å². The molecule has 0 spiro atoms. The highest BCUT2D eigenvalue weighted by Gasteiger charge is 2.09. The van der Waals surface area contributed by atoms with Gasteiger partial charge in [-0.05, 0) is 30.7 Å². The molecule has 6 heteroatoms. The van der Waals surface area contributed by atoms with Gasteiger partial charge in [0.05, 0.1) is 5.56 Å². The van der Waals surface area contributed by atoms with Crippen LogP contribution in [0, 0.1) is 6.92 Å². The van der Waals surface area contributed by atoms with E-state index < -0.39 is 5.97 Å². The van der Waals surface area contributed by atoms with Gasteiger partial charge < -0.3 is 9.84 Å². The molecule has 0 saturated carbocycles. The fourth-order valence-corrected chi connectivity index (χ4v) is 1.41. The summed E-state index contributed by atoms with van der Waals surface area (Å²) in [5.41, 5.74) is 0.886. The normalized spacial score (nSPS) is 10.2. The monoisotopic (exact) mass is 233 g/mol. The fraction of sp³-hybridized carbons (Fsp3) is 0.182. The molecule has 88 valence electrons. The van der Waals surface area contributed by atoms with E-state index in [-0.39, 0.29) is 11.6 Å². The molecule has 1 N–H and O–H groups in total. The van der Waals surface area contributed by atoms with Gasteiger partial charge in [0.25, 0.3) is 0 Å². The zero-order valence-electron chi connectivity index (χ0n) is 9.41. The Morgan fingerprint density at radius 3 is 2.76 bits per heavy atom. The first-order valence-electron chi connectivity index (χ1n) is 4.93. The standard InChI is InChI=1S/C11H11N3O3/c1-7-5-8(3-4-9(7)10(15)16)17-11-12-6-14(2)13-11/h3-6H,1-2H3,(H,15,16). The van der Waals surface area contributed by atoms with Crippen LogP contribution in [0.4, 0.5) is 0 Å². The van der Waals surface area contributed by atoms with E-state index in [4.69, 9.17) is 9.84 Å². The van der Waals surface area contributed by atoms with Gasteiger partial charge in [-0.2, -0.15) is 4.98 Å². The molecule has 0 aliphatic carbocycles. The Kier molecular flexibility index (Phi) is 2.78.